The smallest absolute Gasteiger partial charge is 0.350 e. The Labute approximate surface area is 304 Å². The van der Waals surface area contributed by atoms with E-state index in [1.54, 1.807) is 6.92 Å². The minimum absolute atomic E-state index is 0.0147. The Balaban J connectivity index is 0.911. The molecule has 0 saturated carbocycles. The Morgan fingerprint density at radius 2 is 1.58 bits per heavy atom. The van der Waals surface area contributed by atoms with Gasteiger partial charge in [0.15, 0.2) is 0 Å². The summed E-state index contributed by atoms with van der Waals surface area (Å²) in [5.41, 5.74) is 2.39. The number of aromatic nitrogens is 6. The van der Waals surface area contributed by atoms with Gasteiger partial charge in [0, 0.05) is 49.2 Å². The van der Waals surface area contributed by atoms with Crippen LogP contribution in [0.25, 0.3) is 5.69 Å². The lowest BCUT2D eigenvalue weighted by Gasteiger charge is -2.37. The molecule has 4 heterocycles. The number of benzene rings is 3. The number of nitrogens with zero attached hydrogens (tertiary/aromatic N) is 8. The molecule has 0 bridgehead atoms. The largest absolute Gasteiger partial charge is 0.491 e. The first-order valence-corrected chi connectivity index (χ1v) is 18.7. The lowest BCUT2D eigenvalue weighted by Crippen LogP contribution is -2.46. The lowest BCUT2D eigenvalue weighted by atomic mass is 10.0. The molecule has 7 rings (SSSR count). The summed E-state index contributed by atoms with van der Waals surface area (Å²) in [6.07, 6.45) is 4.66. The molecule has 15 nitrogen and oxygen atoms in total. The molecular weight excluding hydrogens is 714 g/mol. The Hall–Kier alpha value is -5.17. The van der Waals surface area contributed by atoms with Crippen LogP contribution in [0.4, 0.5) is 20.2 Å². The average molecular weight is 753 g/mol. The highest BCUT2D eigenvalue weighted by Gasteiger charge is 2.46. The van der Waals surface area contributed by atoms with Gasteiger partial charge in [-0.25, -0.2) is 32.5 Å². The molecule has 3 atom stereocenters. The Kier molecular flexibility index (Phi) is 10.3. The van der Waals surface area contributed by atoms with Gasteiger partial charge in [0.2, 0.25) is 5.79 Å². The van der Waals surface area contributed by atoms with E-state index in [4.69, 9.17) is 18.4 Å². The highest BCUT2D eigenvalue weighted by molar-refractivity contribution is 7.85. The molecule has 2 aliphatic rings. The molecule has 0 spiro atoms. The molecule has 3 aromatic carbocycles. The lowest BCUT2D eigenvalue weighted by molar-refractivity contribution is -0.192. The van der Waals surface area contributed by atoms with E-state index in [-0.39, 0.29) is 31.9 Å². The third-order valence-electron chi connectivity index (χ3n) is 9.08. The van der Waals surface area contributed by atoms with Crippen LogP contribution in [-0.4, -0.2) is 95.9 Å². The highest BCUT2D eigenvalue weighted by Crippen LogP contribution is 2.38. The van der Waals surface area contributed by atoms with E-state index in [1.807, 2.05) is 48.5 Å². The molecule has 0 radical (unpaired) electrons. The molecule has 2 saturated heterocycles. The fraction of sp³-hybridized carbons (Fsp3) is 0.371. The second kappa shape index (κ2) is 15.1. The van der Waals surface area contributed by atoms with Crippen molar-refractivity contribution in [2.75, 3.05) is 62.1 Å². The van der Waals surface area contributed by atoms with E-state index >= 15 is 0 Å². The number of rotatable bonds is 13. The molecule has 2 aromatic heterocycles. The number of piperazine rings is 1. The summed E-state index contributed by atoms with van der Waals surface area (Å²) in [4.78, 5) is 21.5. The van der Waals surface area contributed by atoms with Crippen molar-refractivity contribution in [2.24, 2.45) is 0 Å². The van der Waals surface area contributed by atoms with Gasteiger partial charge in [0.1, 0.15) is 55.6 Å². The van der Waals surface area contributed by atoms with E-state index in [0.29, 0.717) is 11.4 Å². The van der Waals surface area contributed by atoms with E-state index in [9.17, 15) is 22.0 Å². The molecular formula is C35H38F2N8O7S. The third kappa shape index (κ3) is 8.25. The van der Waals surface area contributed by atoms with Gasteiger partial charge >= 0.3 is 5.69 Å². The minimum atomic E-state index is -3.63. The van der Waals surface area contributed by atoms with Crippen molar-refractivity contribution in [1.82, 2.24) is 29.1 Å². The molecule has 18 heteroatoms. The standard InChI is InChI=1S/C35H38F2N8O7S/c1-25(18-51-53(2,47)48)45-34(46)44(24-40-45)29-6-4-27(5-7-29)41-13-15-42(16-14-41)28-8-10-30(11-9-28)49-19-31-20-50-35(52-31,21-43-23-38-22-39-43)32-12-3-26(36)17-33(32)37/h3-12,17,22-25,31H,13-16,18-21H2,1-2H3. The van der Waals surface area contributed by atoms with Crippen molar-refractivity contribution in [2.45, 2.75) is 31.4 Å². The van der Waals surface area contributed by atoms with Gasteiger partial charge in [-0.1, -0.05) is 0 Å². The molecule has 2 fully saturated rings. The normalized spacial score (nSPS) is 19.8. The molecule has 0 aliphatic carbocycles. The fourth-order valence-corrected chi connectivity index (χ4v) is 6.80. The summed E-state index contributed by atoms with van der Waals surface area (Å²) >= 11 is 0. The van der Waals surface area contributed by atoms with Crippen LogP contribution in [0.5, 0.6) is 5.75 Å². The molecule has 5 aromatic rings. The van der Waals surface area contributed by atoms with Crippen molar-refractivity contribution in [1.29, 1.82) is 0 Å². The van der Waals surface area contributed by atoms with Gasteiger partial charge in [0.05, 0.1) is 31.2 Å². The predicted octanol–water partition coefficient (Wildman–Crippen LogP) is 3.11. The Morgan fingerprint density at radius 3 is 2.21 bits per heavy atom. The summed E-state index contributed by atoms with van der Waals surface area (Å²) in [7, 11) is -3.63. The summed E-state index contributed by atoms with van der Waals surface area (Å²) in [6, 6.07) is 18.1. The van der Waals surface area contributed by atoms with Crippen LogP contribution in [0.3, 0.4) is 0 Å². The third-order valence-corrected chi connectivity index (χ3v) is 9.65. The van der Waals surface area contributed by atoms with Crippen molar-refractivity contribution in [3.05, 3.63) is 113 Å². The highest BCUT2D eigenvalue weighted by atomic mass is 32.2. The SMILES string of the molecule is CC(COS(C)(=O)=O)n1ncn(-c2ccc(N3CCN(c4ccc(OCC5COC(Cn6cncn6)(c6ccc(F)cc6F)O5)cc4)CC3)cc2)c1=O. The maximum Gasteiger partial charge on any atom is 0.350 e. The quantitative estimate of drug-likeness (QED) is 0.163. The van der Waals surface area contributed by atoms with Gasteiger partial charge in [0.25, 0.3) is 10.1 Å². The zero-order valence-corrected chi connectivity index (χ0v) is 29.8. The van der Waals surface area contributed by atoms with Crippen LogP contribution < -0.4 is 20.2 Å². The number of ether oxygens (including phenoxy) is 3. The molecule has 53 heavy (non-hydrogen) atoms. The van der Waals surface area contributed by atoms with Gasteiger partial charge < -0.3 is 24.0 Å². The van der Waals surface area contributed by atoms with Gasteiger partial charge in [-0.3, -0.25) is 4.18 Å². The summed E-state index contributed by atoms with van der Waals surface area (Å²) < 4.78 is 78.4. The van der Waals surface area contributed by atoms with E-state index in [2.05, 4.69) is 25.0 Å². The monoisotopic (exact) mass is 752 g/mol. The molecule has 0 N–H and O–H groups in total. The van der Waals surface area contributed by atoms with Crippen LogP contribution in [0.2, 0.25) is 0 Å². The van der Waals surface area contributed by atoms with Crippen molar-refractivity contribution in [3.63, 3.8) is 0 Å². The van der Waals surface area contributed by atoms with Crippen LogP contribution in [0.15, 0.2) is 90.5 Å². The molecule has 280 valence electrons. The molecule has 0 amide bonds. The van der Waals surface area contributed by atoms with Gasteiger partial charge in [-0.05, 0) is 67.6 Å². The number of hydrogen-bond acceptors (Lipinski definition) is 12. The van der Waals surface area contributed by atoms with Gasteiger partial charge in [-0.15, -0.1) is 0 Å². The zero-order chi connectivity index (χ0) is 37.2. The second-order valence-corrected chi connectivity index (χ2v) is 14.5. The maximum absolute atomic E-state index is 14.9. The summed E-state index contributed by atoms with van der Waals surface area (Å²) in [5, 5.41) is 8.24. The van der Waals surface area contributed by atoms with E-state index in [0.717, 1.165) is 55.9 Å². The fourth-order valence-electron chi connectivity index (χ4n) is 6.36. The summed E-state index contributed by atoms with van der Waals surface area (Å²) in [5.74, 6) is -2.38. The summed E-state index contributed by atoms with van der Waals surface area (Å²) in [6.45, 7) is 4.93. The number of hydrogen-bond donors (Lipinski definition) is 0. The second-order valence-electron chi connectivity index (χ2n) is 12.9. The van der Waals surface area contributed by atoms with E-state index < -0.39 is 45.4 Å². The number of anilines is 2. The maximum atomic E-state index is 14.9. The van der Waals surface area contributed by atoms with Crippen molar-refractivity contribution < 1.29 is 35.6 Å². The van der Waals surface area contributed by atoms with Gasteiger partial charge in [-0.2, -0.15) is 18.6 Å². The molecule has 2 aliphatic heterocycles. The first-order chi connectivity index (χ1) is 25.5. The Morgan fingerprint density at radius 1 is 0.925 bits per heavy atom. The zero-order valence-electron chi connectivity index (χ0n) is 29.0. The van der Waals surface area contributed by atoms with Crippen LogP contribution in [0.1, 0.15) is 18.5 Å². The first-order valence-electron chi connectivity index (χ1n) is 16.9. The Bertz CT molecular complexity index is 2170. The average Bonchev–Trinajstić information content (AvgIpc) is 3.91. The predicted molar refractivity (Wildman–Crippen MR) is 189 cm³/mol. The first kappa shape index (κ1) is 36.2. The van der Waals surface area contributed by atoms with Crippen LogP contribution >= 0.6 is 0 Å². The topological polar surface area (TPSA) is 148 Å². The van der Waals surface area contributed by atoms with Crippen LogP contribution in [-0.2, 0) is 36.1 Å². The minimum Gasteiger partial charge on any atom is -0.491 e. The van der Waals surface area contributed by atoms with E-state index in [1.165, 1.54) is 39.0 Å². The molecule has 3 unspecified atom stereocenters. The number of halogens is 2. The van der Waals surface area contributed by atoms with Crippen molar-refractivity contribution >= 4 is 21.5 Å². The van der Waals surface area contributed by atoms with Crippen molar-refractivity contribution in [3.8, 4) is 11.4 Å². The van der Waals surface area contributed by atoms with Crippen LogP contribution in [0, 0.1) is 11.6 Å².